The van der Waals surface area contributed by atoms with E-state index in [1.165, 1.54) is 12.8 Å². The van der Waals surface area contributed by atoms with Gasteiger partial charge >= 0.3 is 5.76 Å². The average molecular weight is 421 g/mol. The van der Waals surface area contributed by atoms with Crippen LogP contribution in [0.1, 0.15) is 19.3 Å². The van der Waals surface area contributed by atoms with Crippen LogP contribution in [-0.4, -0.2) is 34.1 Å². The molecule has 31 heavy (non-hydrogen) atoms. The van der Waals surface area contributed by atoms with Crippen LogP contribution in [0, 0.1) is 5.92 Å². The maximum absolute atomic E-state index is 11.5. The van der Waals surface area contributed by atoms with Gasteiger partial charge in [0.2, 0.25) is 6.41 Å². The molecule has 0 unspecified atom stereocenters. The maximum atomic E-state index is 11.5. The minimum absolute atomic E-state index is 0.250. The predicted molar refractivity (Wildman–Crippen MR) is 117 cm³/mol. The molecule has 1 saturated carbocycles. The van der Waals surface area contributed by atoms with Crippen molar-refractivity contribution < 1.29 is 13.9 Å². The molecule has 160 valence electrons. The van der Waals surface area contributed by atoms with Gasteiger partial charge in [-0.1, -0.05) is 0 Å². The van der Waals surface area contributed by atoms with Crippen LogP contribution < -0.4 is 21.5 Å². The van der Waals surface area contributed by atoms with Crippen molar-refractivity contribution in [3.8, 4) is 17.1 Å². The van der Waals surface area contributed by atoms with Gasteiger partial charge in [0.05, 0.1) is 17.6 Å². The number of nitrogens with one attached hydrogen (secondary N) is 2. The number of nitrogens with two attached hydrogens (primary N) is 1. The number of carbonyl (C=O) groups is 1. The molecule has 2 aromatic heterocycles. The van der Waals surface area contributed by atoms with Crippen LogP contribution >= 0.6 is 0 Å². The van der Waals surface area contributed by atoms with Gasteiger partial charge in [-0.2, -0.15) is 0 Å². The summed E-state index contributed by atoms with van der Waals surface area (Å²) in [6.07, 6.45) is 3.80. The normalized spacial score (nSPS) is 15.1. The number of anilines is 1. The first-order valence-electron chi connectivity index (χ1n) is 10.4. The molecule has 0 saturated heterocycles. The van der Waals surface area contributed by atoms with E-state index in [2.05, 4.69) is 32.7 Å². The minimum atomic E-state index is -0.444. The number of ether oxygens (including phenoxy) is 1. The summed E-state index contributed by atoms with van der Waals surface area (Å²) in [5.74, 6) is 2.11. The zero-order valence-electron chi connectivity index (χ0n) is 16.9. The molecule has 3 heterocycles. The van der Waals surface area contributed by atoms with E-state index in [4.69, 9.17) is 18.9 Å². The summed E-state index contributed by atoms with van der Waals surface area (Å²) in [5.41, 5.74) is 9.36. The Morgan fingerprint density at radius 2 is 2.13 bits per heavy atom. The lowest BCUT2D eigenvalue weighted by atomic mass is 10.2. The summed E-state index contributed by atoms with van der Waals surface area (Å²) in [6, 6.07) is 9.87. The molecule has 0 spiro atoms. The number of carbonyl (C=O) groups excluding carboxylic acids is 1. The molecule has 2 aliphatic rings. The molecule has 1 fully saturated rings. The first kappa shape index (κ1) is 19.2. The smallest absolute Gasteiger partial charge is 0.417 e. The lowest BCUT2D eigenvalue weighted by Gasteiger charge is -2.10. The third-order valence-corrected chi connectivity index (χ3v) is 5.56. The Labute approximate surface area is 177 Å². The van der Waals surface area contributed by atoms with E-state index >= 15 is 0 Å². The number of fused-ring (bicyclic) bond motifs is 1. The van der Waals surface area contributed by atoms with E-state index in [9.17, 15) is 4.79 Å². The van der Waals surface area contributed by atoms with Crippen molar-refractivity contribution in [3.63, 3.8) is 0 Å². The number of H-pyrrole nitrogens is 1. The van der Waals surface area contributed by atoms with E-state index in [0.29, 0.717) is 17.7 Å². The fraction of sp³-hybridized carbons (Fsp3) is 0.318. The van der Waals surface area contributed by atoms with Crippen LogP contribution in [0.15, 0.2) is 39.5 Å². The van der Waals surface area contributed by atoms with Crippen molar-refractivity contribution >= 4 is 34.2 Å². The molecule has 1 amide bonds. The summed E-state index contributed by atoms with van der Waals surface area (Å²) in [5, 5.41) is 3.53. The van der Waals surface area contributed by atoms with Crippen molar-refractivity contribution in [1.29, 1.82) is 0 Å². The summed E-state index contributed by atoms with van der Waals surface area (Å²) < 4.78 is 13.4. The highest BCUT2D eigenvalue weighted by molar-refractivity contribution is 5.90. The van der Waals surface area contributed by atoms with Gasteiger partial charge < -0.3 is 24.8 Å². The number of aromatic amines is 1. The van der Waals surface area contributed by atoms with Gasteiger partial charge in [0, 0.05) is 30.4 Å². The lowest BCUT2D eigenvalue weighted by Crippen LogP contribution is -2.03. The molecule has 6 rings (SSSR count). The number of benzene rings is 2. The second-order valence-electron chi connectivity index (χ2n) is 7.82. The molecule has 4 N–H and O–H groups in total. The van der Waals surface area contributed by atoms with Crippen LogP contribution in [0.2, 0.25) is 0 Å². The van der Waals surface area contributed by atoms with Crippen molar-refractivity contribution in [2.75, 3.05) is 18.5 Å². The topological polar surface area (TPSA) is 128 Å². The number of rotatable bonds is 4. The van der Waals surface area contributed by atoms with Gasteiger partial charge in [0.25, 0.3) is 0 Å². The first-order chi connectivity index (χ1) is 15.2. The quantitative estimate of drug-likeness (QED) is 0.435. The number of hydrogen-bond donors (Lipinski definition) is 3. The van der Waals surface area contributed by atoms with Crippen LogP contribution in [0.25, 0.3) is 33.5 Å². The fourth-order valence-corrected chi connectivity index (χ4v) is 3.96. The molecule has 1 aliphatic heterocycles. The van der Waals surface area contributed by atoms with Crippen LogP contribution in [0.5, 0.6) is 5.75 Å². The number of hydrogen-bond acceptors (Lipinski definition) is 6. The lowest BCUT2D eigenvalue weighted by molar-refractivity contribution is -0.106. The standard InChI is InChI=1S/C21H20N4O3.CH3NO/c26-21-24-15-8-13(4-5-17(15)28-21)20-23-16-9-14(22-11-12-2-3-12)10-18-19(16)25(20)6-1-7-27-18;2-1-3/h4-5,8-10,12,22H,1-3,6-7,11H2,(H,24,26);1H,(H2,2,3). The Kier molecular flexibility index (Phi) is 4.85. The Balaban J connectivity index is 0.000000646. The van der Waals surface area contributed by atoms with Gasteiger partial charge in [-0.3, -0.25) is 9.78 Å². The van der Waals surface area contributed by atoms with Crippen molar-refractivity contribution in [1.82, 2.24) is 14.5 Å². The molecule has 9 heteroatoms. The molecular formula is C22H23N5O4. The molecular weight excluding hydrogens is 398 g/mol. The van der Waals surface area contributed by atoms with E-state index in [1.54, 1.807) is 0 Å². The third kappa shape index (κ3) is 3.74. The fourth-order valence-electron chi connectivity index (χ4n) is 3.96. The molecule has 0 radical (unpaired) electrons. The van der Waals surface area contributed by atoms with Crippen LogP contribution in [0.3, 0.4) is 0 Å². The number of oxazole rings is 1. The minimum Gasteiger partial charge on any atom is -0.491 e. The largest absolute Gasteiger partial charge is 0.491 e. The van der Waals surface area contributed by atoms with E-state index < -0.39 is 5.76 Å². The molecule has 0 bridgehead atoms. The van der Waals surface area contributed by atoms with Gasteiger partial charge in [-0.15, -0.1) is 0 Å². The van der Waals surface area contributed by atoms with Gasteiger partial charge in [0.1, 0.15) is 17.1 Å². The average Bonchev–Trinajstić information content (AvgIpc) is 3.45. The number of primary amides is 1. The van der Waals surface area contributed by atoms with Crippen LogP contribution in [0.4, 0.5) is 5.69 Å². The van der Waals surface area contributed by atoms with Gasteiger partial charge in [-0.05, 0) is 49.4 Å². The molecule has 0 atom stereocenters. The summed E-state index contributed by atoms with van der Waals surface area (Å²) >= 11 is 0. The van der Waals surface area contributed by atoms with Gasteiger partial charge in [-0.25, -0.2) is 9.78 Å². The zero-order chi connectivity index (χ0) is 21.4. The van der Waals surface area contributed by atoms with Crippen molar-refractivity contribution in [3.05, 3.63) is 40.9 Å². The zero-order valence-corrected chi connectivity index (χ0v) is 16.9. The summed E-state index contributed by atoms with van der Waals surface area (Å²) in [7, 11) is 0. The highest BCUT2D eigenvalue weighted by atomic mass is 16.5. The Morgan fingerprint density at radius 1 is 1.29 bits per heavy atom. The highest BCUT2D eigenvalue weighted by Gasteiger charge is 2.23. The van der Waals surface area contributed by atoms with Crippen LogP contribution in [-0.2, 0) is 11.3 Å². The first-order valence-corrected chi connectivity index (χ1v) is 10.4. The monoisotopic (exact) mass is 421 g/mol. The van der Waals surface area contributed by atoms with E-state index in [0.717, 1.165) is 59.3 Å². The van der Waals surface area contributed by atoms with Crippen molar-refractivity contribution in [2.24, 2.45) is 11.7 Å². The number of amides is 1. The van der Waals surface area contributed by atoms with Gasteiger partial charge in [0.15, 0.2) is 5.58 Å². The molecule has 2 aromatic carbocycles. The van der Waals surface area contributed by atoms with Crippen molar-refractivity contribution in [2.45, 2.75) is 25.8 Å². The highest BCUT2D eigenvalue weighted by Crippen LogP contribution is 2.37. The predicted octanol–water partition coefficient (Wildman–Crippen LogP) is 2.84. The number of aryl methyl sites for hydroxylation is 1. The maximum Gasteiger partial charge on any atom is 0.417 e. The molecule has 9 nitrogen and oxygen atoms in total. The summed E-state index contributed by atoms with van der Waals surface area (Å²) in [4.78, 5) is 27.7. The Morgan fingerprint density at radius 3 is 2.94 bits per heavy atom. The number of nitrogens with zero attached hydrogens (tertiary/aromatic N) is 2. The van der Waals surface area contributed by atoms with E-state index in [-0.39, 0.29) is 6.41 Å². The molecule has 4 aromatic rings. The number of aromatic nitrogens is 3. The molecule has 1 aliphatic carbocycles. The second-order valence-corrected chi connectivity index (χ2v) is 7.82. The second kappa shape index (κ2) is 7.82. The SMILES string of the molecule is NC=O.O=c1[nH]c2cc(-c3nc4cc(NCC5CC5)cc5c4n3CCCO5)ccc2o1. The van der Waals surface area contributed by atoms with E-state index in [1.807, 2.05) is 18.2 Å². The Bertz CT molecular complexity index is 1310. The summed E-state index contributed by atoms with van der Waals surface area (Å²) in [6.45, 7) is 2.53. The third-order valence-electron chi connectivity index (χ3n) is 5.56. The number of imidazole rings is 1. The Hall–Kier alpha value is -3.75.